The molecule has 0 aromatic heterocycles. The normalized spacial score (nSPS) is 12.7. The zero-order valence-electron chi connectivity index (χ0n) is 12.4. The maximum Gasteiger partial charge on any atom is 0.242 e. The Morgan fingerprint density at radius 3 is 2.38 bits per heavy atom. The van der Waals surface area contributed by atoms with Gasteiger partial charge in [0.1, 0.15) is 4.90 Å². The van der Waals surface area contributed by atoms with E-state index < -0.39 is 22.0 Å². The van der Waals surface area contributed by atoms with Crippen LogP contribution in [-0.4, -0.2) is 20.4 Å². The molecule has 24 heavy (non-hydrogen) atoms. The van der Waals surface area contributed by atoms with Crippen molar-refractivity contribution >= 4 is 56.4 Å². The molecule has 2 aromatic rings. The fourth-order valence-corrected chi connectivity index (χ4v) is 3.98. The number of nitrogens with one attached hydrogen (secondary N) is 2. The molecule has 0 heterocycles. The summed E-state index contributed by atoms with van der Waals surface area (Å²) in [5, 5.41) is 3.12. The Morgan fingerprint density at radius 2 is 1.71 bits per heavy atom. The van der Waals surface area contributed by atoms with Gasteiger partial charge in [0.2, 0.25) is 15.9 Å². The van der Waals surface area contributed by atoms with Gasteiger partial charge in [-0.25, -0.2) is 8.42 Å². The summed E-state index contributed by atoms with van der Waals surface area (Å²) in [6, 6.07) is 9.62. The second-order valence-corrected chi connectivity index (χ2v) is 7.82. The van der Waals surface area contributed by atoms with E-state index in [9.17, 15) is 13.2 Å². The Labute approximate surface area is 155 Å². The van der Waals surface area contributed by atoms with E-state index in [0.717, 1.165) is 0 Å². The number of benzene rings is 2. The Balaban J connectivity index is 2.16. The van der Waals surface area contributed by atoms with Gasteiger partial charge in [-0.3, -0.25) is 4.79 Å². The van der Waals surface area contributed by atoms with E-state index in [1.807, 2.05) is 0 Å². The van der Waals surface area contributed by atoms with Gasteiger partial charge < -0.3 is 5.32 Å². The number of halogens is 3. The van der Waals surface area contributed by atoms with Crippen LogP contribution < -0.4 is 10.0 Å². The highest BCUT2D eigenvalue weighted by Crippen LogP contribution is 2.25. The first-order chi connectivity index (χ1) is 11.2. The lowest BCUT2D eigenvalue weighted by molar-refractivity contribution is -0.117. The fraction of sp³-hybridized carbons (Fsp3) is 0.133. The second kappa shape index (κ2) is 7.72. The van der Waals surface area contributed by atoms with Crippen LogP contribution in [0.3, 0.4) is 0 Å². The summed E-state index contributed by atoms with van der Waals surface area (Å²) in [6.07, 6.45) is 0. The predicted molar refractivity (Wildman–Crippen MR) is 96.3 cm³/mol. The number of sulfonamides is 1. The zero-order chi connectivity index (χ0) is 17.9. The van der Waals surface area contributed by atoms with Crippen LogP contribution in [0, 0.1) is 0 Å². The summed E-state index contributed by atoms with van der Waals surface area (Å²) in [7, 11) is -4.02. The minimum absolute atomic E-state index is 0.00520. The number of hydrogen-bond donors (Lipinski definition) is 2. The molecule has 0 aliphatic carbocycles. The maximum atomic E-state index is 12.4. The molecule has 0 radical (unpaired) electrons. The van der Waals surface area contributed by atoms with E-state index >= 15 is 0 Å². The number of carbonyl (C=O) groups is 1. The van der Waals surface area contributed by atoms with Crippen molar-refractivity contribution in [2.24, 2.45) is 0 Å². The average Bonchev–Trinajstić information content (AvgIpc) is 2.51. The van der Waals surface area contributed by atoms with Gasteiger partial charge in [-0.15, -0.1) is 0 Å². The largest absolute Gasteiger partial charge is 0.323 e. The van der Waals surface area contributed by atoms with E-state index in [1.54, 1.807) is 24.3 Å². The van der Waals surface area contributed by atoms with Crippen LogP contribution >= 0.6 is 34.8 Å². The van der Waals surface area contributed by atoms with E-state index in [2.05, 4.69) is 10.0 Å². The van der Waals surface area contributed by atoms with Crippen LogP contribution in [0.25, 0.3) is 0 Å². The van der Waals surface area contributed by atoms with Gasteiger partial charge in [0.15, 0.2) is 0 Å². The van der Waals surface area contributed by atoms with Crippen LogP contribution in [-0.2, 0) is 14.8 Å². The van der Waals surface area contributed by atoms with E-state index in [0.29, 0.717) is 10.7 Å². The molecule has 0 aliphatic rings. The molecule has 0 aliphatic heterocycles. The molecule has 2 N–H and O–H groups in total. The monoisotopic (exact) mass is 406 g/mol. The van der Waals surface area contributed by atoms with Crippen LogP contribution in [0.1, 0.15) is 6.92 Å². The van der Waals surface area contributed by atoms with Gasteiger partial charge in [-0.2, -0.15) is 4.72 Å². The van der Waals surface area contributed by atoms with Crippen molar-refractivity contribution in [1.29, 1.82) is 0 Å². The molecule has 0 saturated carbocycles. The molecule has 9 heteroatoms. The topological polar surface area (TPSA) is 75.3 Å². The lowest BCUT2D eigenvalue weighted by Crippen LogP contribution is -2.41. The van der Waals surface area contributed by atoms with Gasteiger partial charge in [-0.1, -0.05) is 46.9 Å². The van der Waals surface area contributed by atoms with Gasteiger partial charge in [0, 0.05) is 5.02 Å². The van der Waals surface area contributed by atoms with Crippen molar-refractivity contribution in [3.05, 3.63) is 57.5 Å². The van der Waals surface area contributed by atoms with Gasteiger partial charge >= 0.3 is 0 Å². The number of para-hydroxylation sites is 1. The molecule has 0 fully saturated rings. The summed E-state index contributed by atoms with van der Waals surface area (Å²) < 4.78 is 27.0. The minimum atomic E-state index is -4.02. The van der Waals surface area contributed by atoms with Crippen LogP contribution in [0.4, 0.5) is 5.69 Å². The number of hydrogen-bond acceptors (Lipinski definition) is 3. The van der Waals surface area contributed by atoms with Crippen LogP contribution in [0.15, 0.2) is 47.4 Å². The highest BCUT2D eigenvalue weighted by atomic mass is 35.5. The molecular formula is C15H13Cl3N2O3S. The molecule has 5 nitrogen and oxygen atoms in total. The minimum Gasteiger partial charge on any atom is -0.323 e. The molecule has 0 saturated heterocycles. The van der Waals surface area contributed by atoms with E-state index in [-0.39, 0.29) is 14.9 Å². The van der Waals surface area contributed by atoms with Crippen LogP contribution in [0.2, 0.25) is 15.1 Å². The molecule has 1 atom stereocenters. The molecule has 2 rings (SSSR count). The number of amides is 1. The van der Waals surface area contributed by atoms with Gasteiger partial charge in [-0.05, 0) is 37.3 Å². The molecule has 2 aromatic carbocycles. The van der Waals surface area contributed by atoms with Crippen molar-refractivity contribution in [3.8, 4) is 0 Å². The third kappa shape index (κ3) is 4.62. The molecule has 0 spiro atoms. The zero-order valence-corrected chi connectivity index (χ0v) is 15.5. The average molecular weight is 408 g/mol. The van der Waals surface area contributed by atoms with E-state index in [4.69, 9.17) is 34.8 Å². The van der Waals surface area contributed by atoms with Crippen molar-refractivity contribution in [1.82, 2.24) is 4.72 Å². The quantitative estimate of drug-likeness (QED) is 0.788. The highest BCUT2D eigenvalue weighted by Gasteiger charge is 2.24. The van der Waals surface area contributed by atoms with E-state index in [1.165, 1.54) is 25.1 Å². The first-order valence-corrected chi connectivity index (χ1v) is 9.35. The predicted octanol–water partition coefficient (Wildman–Crippen LogP) is 3.95. The maximum absolute atomic E-state index is 12.4. The summed E-state index contributed by atoms with van der Waals surface area (Å²) in [4.78, 5) is 12.0. The third-order valence-corrected chi connectivity index (χ3v) is 5.63. The highest BCUT2D eigenvalue weighted by molar-refractivity contribution is 7.89. The Kier molecular flexibility index (Phi) is 6.11. The summed E-state index contributed by atoms with van der Waals surface area (Å²) >= 11 is 17.7. The lowest BCUT2D eigenvalue weighted by Gasteiger charge is -2.15. The van der Waals surface area contributed by atoms with Crippen molar-refractivity contribution < 1.29 is 13.2 Å². The smallest absolute Gasteiger partial charge is 0.242 e. The Morgan fingerprint density at radius 1 is 1.04 bits per heavy atom. The van der Waals surface area contributed by atoms with Crippen molar-refractivity contribution in [3.63, 3.8) is 0 Å². The second-order valence-electron chi connectivity index (χ2n) is 4.89. The third-order valence-electron chi connectivity index (χ3n) is 3.04. The fourth-order valence-electron chi connectivity index (χ4n) is 1.84. The molecule has 128 valence electrons. The molecule has 1 amide bonds. The number of anilines is 1. The van der Waals surface area contributed by atoms with Gasteiger partial charge in [0.05, 0.1) is 21.8 Å². The van der Waals surface area contributed by atoms with Crippen LogP contribution in [0.5, 0.6) is 0 Å². The summed E-state index contributed by atoms with van der Waals surface area (Å²) in [5.41, 5.74) is 0.385. The number of carbonyl (C=O) groups excluding carboxylic acids is 1. The van der Waals surface area contributed by atoms with Gasteiger partial charge in [0.25, 0.3) is 0 Å². The summed E-state index contributed by atoms with van der Waals surface area (Å²) in [6.45, 7) is 1.40. The summed E-state index contributed by atoms with van der Waals surface area (Å²) in [5.74, 6) is -0.565. The molecule has 0 unspecified atom stereocenters. The SMILES string of the molecule is C[C@@H](NS(=O)(=O)c1cc(Cl)ccc1Cl)C(=O)Nc1ccccc1Cl. The first-order valence-electron chi connectivity index (χ1n) is 6.73. The Bertz CT molecular complexity index is 872. The Hall–Kier alpha value is -1.31. The van der Waals surface area contributed by atoms with Crippen molar-refractivity contribution in [2.45, 2.75) is 17.9 Å². The molecule has 0 bridgehead atoms. The number of rotatable bonds is 5. The first kappa shape index (κ1) is 19.0. The van der Waals surface area contributed by atoms with Crippen molar-refractivity contribution in [2.75, 3.05) is 5.32 Å². The lowest BCUT2D eigenvalue weighted by atomic mass is 10.3. The standard InChI is InChI=1S/C15H13Cl3N2O3S/c1-9(15(21)19-13-5-3-2-4-11(13)17)20-24(22,23)14-8-10(16)6-7-12(14)18/h2-9,20H,1H3,(H,19,21)/t9-/m1/s1. The molecular weight excluding hydrogens is 395 g/mol.